The lowest BCUT2D eigenvalue weighted by atomic mass is 9.94. The summed E-state index contributed by atoms with van der Waals surface area (Å²) in [6.45, 7) is 6.97. The van der Waals surface area contributed by atoms with Gasteiger partial charge in [0.2, 0.25) is 0 Å². The molecule has 0 aromatic heterocycles. The Morgan fingerprint density at radius 3 is 2.41 bits per heavy atom. The molecule has 0 aliphatic heterocycles. The highest BCUT2D eigenvalue weighted by molar-refractivity contribution is 7.85. The Morgan fingerprint density at radius 1 is 1.23 bits per heavy atom. The third-order valence-corrected chi connectivity index (χ3v) is 3.92. The van der Waals surface area contributed by atoms with E-state index in [-0.39, 0.29) is 17.2 Å². The Morgan fingerprint density at radius 2 is 1.86 bits per heavy atom. The minimum Gasteiger partial charge on any atom is -0.310 e. The quantitative estimate of drug-likeness (QED) is 0.438. The van der Waals surface area contributed by atoms with Crippen molar-refractivity contribution in [1.82, 2.24) is 5.32 Å². The molecule has 1 aromatic rings. The highest BCUT2D eigenvalue weighted by atomic mass is 32.2. The molecule has 1 rings (SSSR count). The molecule has 124 valence electrons. The molecular weight excluding hydrogens is 298 g/mol. The maximum Gasteiger partial charge on any atom is 0.264 e. The predicted octanol–water partition coefficient (Wildman–Crippen LogP) is 3.07. The molecule has 2 N–H and O–H groups in total. The second-order valence-electron chi connectivity index (χ2n) is 6.62. The van der Waals surface area contributed by atoms with Crippen molar-refractivity contribution in [2.75, 3.05) is 12.3 Å². The first kappa shape index (κ1) is 18.9. The maximum absolute atomic E-state index is 10.7. The molecule has 0 aliphatic rings. The molecule has 0 unspecified atom stereocenters. The SMILES string of the molecule is CC(C)(C)/C=C/[C@H](Cc1ccccc1)NCCCS(=O)(=O)O. The number of hydrogen-bond donors (Lipinski definition) is 2. The first-order chi connectivity index (χ1) is 10.2. The van der Waals surface area contributed by atoms with Gasteiger partial charge in [-0.3, -0.25) is 4.55 Å². The number of benzene rings is 1. The summed E-state index contributed by atoms with van der Waals surface area (Å²) in [6, 6.07) is 10.3. The molecule has 0 saturated carbocycles. The van der Waals surface area contributed by atoms with Crippen molar-refractivity contribution in [2.45, 2.75) is 39.7 Å². The summed E-state index contributed by atoms with van der Waals surface area (Å²) in [6.07, 6.45) is 5.55. The summed E-state index contributed by atoms with van der Waals surface area (Å²) in [4.78, 5) is 0. The lowest BCUT2D eigenvalue weighted by molar-refractivity contribution is 0.478. The van der Waals surface area contributed by atoms with E-state index in [1.165, 1.54) is 5.56 Å². The van der Waals surface area contributed by atoms with Crippen LogP contribution in [0.2, 0.25) is 0 Å². The monoisotopic (exact) mass is 325 g/mol. The average molecular weight is 325 g/mol. The van der Waals surface area contributed by atoms with Gasteiger partial charge in [-0.2, -0.15) is 8.42 Å². The molecular formula is C17H27NO3S. The van der Waals surface area contributed by atoms with Crippen LogP contribution in [-0.4, -0.2) is 31.3 Å². The van der Waals surface area contributed by atoms with E-state index in [2.05, 4.69) is 50.4 Å². The van der Waals surface area contributed by atoms with Crippen LogP contribution < -0.4 is 5.32 Å². The Bertz CT molecular complexity index is 559. The summed E-state index contributed by atoms with van der Waals surface area (Å²) in [5, 5.41) is 3.35. The van der Waals surface area contributed by atoms with Gasteiger partial charge in [0.1, 0.15) is 0 Å². The highest BCUT2D eigenvalue weighted by Gasteiger charge is 2.10. The van der Waals surface area contributed by atoms with Crippen LogP contribution >= 0.6 is 0 Å². The molecule has 4 nitrogen and oxygen atoms in total. The molecule has 5 heteroatoms. The first-order valence-corrected chi connectivity index (χ1v) is 9.18. The van der Waals surface area contributed by atoms with Crippen LogP contribution in [0.25, 0.3) is 0 Å². The van der Waals surface area contributed by atoms with Crippen LogP contribution in [0.5, 0.6) is 0 Å². The van der Waals surface area contributed by atoms with E-state index in [1.54, 1.807) is 0 Å². The van der Waals surface area contributed by atoms with E-state index in [4.69, 9.17) is 4.55 Å². The van der Waals surface area contributed by atoms with Crippen LogP contribution in [0, 0.1) is 5.41 Å². The van der Waals surface area contributed by atoms with Gasteiger partial charge >= 0.3 is 0 Å². The fraction of sp³-hybridized carbons (Fsp3) is 0.529. The molecule has 0 fully saturated rings. The van der Waals surface area contributed by atoms with Crippen molar-refractivity contribution < 1.29 is 13.0 Å². The molecule has 0 spiro atoms. The zero-order valence-corrected chi connectivity index (χ0v) is 14.4. The van der Waals surface area contributed by atoms with Gasteiger partial charge < -0.3 is 5.32 Å². The van der Waals surface area contributed by atoms with Crippen LogP contribution in [0.15, 0.2) is 42.5 Å². The second-order valence-corrected chi connectivity index (χ2v) is 8.19. The van der Waals surface area contributed by atoms with Crippen LogP contribution in [-0.2, 0) is 16.5 Å². The zero-order chi connectivity index (χ0) is 16.6. The van der Waals surface area contributed by atoms with Gasteiger partial charge in [0.15, 0.2) is 0 Å². The van der Waals surface area contributed by atoms with E-state index in [0.29, 0.717) is 13.0 Å². The molecule has 0 heterocycles. The summed E-state index contributed by atoms with van der Waals surface area (Å²) in [5.74, 6) is -0.207. The van der Waals surface area contributed by atoms with E-state index in [0.717, 1.165) is 6.42 Å². The molecule has 0 saturated heterocycles. The summed E-state index contributed by atoms with van der Waals surface area (Å²) in [5.41, 5.74) is 1.33. The molecule has 1 aromatic carbocycles. The van der Waals surface area contributed by atoms with Crippen molar-refractivity contribution >= 4 is 10.1 Å². The lowest BCUT2D eigenvalue weighted by Crippen LogP contribution is -2.31. The standard InChI is InChI=1S/C17H27NO3S/c1-17(2,3)11-10-16(14-15-8-5-4-6-9-15)18-12-7-13-22(19,20)21/h4-6,8-11,16,18H,7,12-14H2,1-3H3,(H,19,20,21)/b11-10+/t16-/m1/s1. The minimum absolute atomic E-state index is 0.102. The molecule has 0 radical (unpaired) electrons. The van der Waals surface area contributed by atoms with Crippen LogP contribution in [0.4, 0.5) is 0 Å². The normalized spacial score (nSPS) is 14.4. The number of hydrogen-bond acceptors (Lipinski definition) is 3. The van der Waals surface area contributed by atoms with E-state index >= 15 is 0 Å². The smallest absolute Gasteiger partial charge is 0.264 e. The number of allylic oxidation sites excluding steroid dienone is 1. The molecule has 0 amide bonds. The van der Waals surface area contributed by atoms with Crippen molar-refractivity contribution in [2.24, 2.45) is 5.41 Å². The topological polar surface area (TPSA) is 66.4 Å². The minimum atomic E-state index is -3.87. The summed E-state index contributed by atoms with van der Waals surface area (Å²) < 4.78 is 30.2. The molecule has 22 heavy (non-hydrogen) atoms. The average Bonchev–Trinajstić information content (AvgIpc) is 2.40. The van der Waals surface area contributed by atoms with Gasteiger partial charge in [-0.05, 0) is 30.4 Å². The van der Waals surface area contributed by atoms with Gasteiger partial charge in [0.25, 0.3) is 10.1 Å². The Kier molecular flexibility index (Phi) is 7.26. The van der Waals surface area contributed by atoms with Gasteiger partial charge in [-0.15, -0.1) is 0 Å². The van der Waals surface area contributed by atoms with Gasteiger partial charge in [-0.1, -0.05) is 63.3 Å². The second kappa shape index (κ2) is 8.46. The van der Waals surface area contributed by atoms with E-state index < -0.39 is 10.1 Å². The number of nitrogens with one attached hydrogen (secondary N) is 1. The largest absolute Gasteiger partial charge is 0.310 e. The zero-order valence-electron chi connectivity index (χ0n) is 13.6. The third kappa shape index (κ3) is 9.71. The van der Waals surface area contributed by atoms with Crippen molar-refractivity contribution in [1.29, 1.82) is 0 Å². The Balaban J connectivity index is 2.60. The Hall–Kier alpha value is -1.17. The van der Waals surface area contributed by atoms with Gasteiger partial charge in [0, 0.05) is 6.04 Å². The lowest BCUT2D eigenvalue weighted by Gasteiger charge is -2.18. The fourth-order valence-electron chi connectivity index (χ4n) is 2.02. The highest BCUT2D eigenvalue weighted by Crippen LogP contribution is 2.15. The van der Waals surface area contributed by atoms with Crippen molar-refractivity contribution in [3.8, 4) is 0 Å². The van der Waals surface area contributed by atoms with Gasteiger partial charge in [-0.25, -0.2) is 0 Å². The molecule has 1 atom stereocenters. The van der Waals surface area contributed by atoms with E-state index in [1.807, 2.05) is 18.2 Å². The summed E-state index contributed by atoms with van der Waals surface area (Å²) >= 11 is 0. The van der Waals surface area contributed by atoms with Gasteiger partial charge in [0.05, 0.1) is 5.75 Å². The fourth-order valence-corrected chi connectivity index (χ4v) is 2.53. The number of rotatable bonds is 8. The van der Waals surface area contributed by atoms with Crippen molar-refractivity contribution in [3.63, 3.8) is 0 Å². The maximum atomic E-state index is 10.7. The first-order valence-electron chi connectivity index (χ1n) is 7.57. The van der Waals surface area contributed by atoms with Crippen LogP contribution in [0.3, 0.4) is 0 Å². The van der Waals surface area contributed by atoms with Crippen molar-refractivity contribution in [3.05, 3.63) is 48.0 Å². The summed E-state index contributed by atoms with van der Waals surface area (Å²) in [7, 11) is -3.87. The third-order valence-electron chi connectivity index (χ3n) is 3.11. The predicted molar refractivity (Wildman–Crippen MR) is 91.6 cm³/mol. The molecule has 0 aliphatic carbocycles. The molecule has 0 bridgehead atoms. The van der Waals surface area contributed by atoms with Crippen LogP contribution in [0.1, 0.15) is 32.8 Å². The van der Waals surface area contributed by atoms with E-state index in [9.17, 15) is 8.42 Å². The Labute approximate surface area is 134 Å².